The average molecular weight is 133 g/mol. The van der Waals surface area contributed by atoms with Crippen LogP contribution in [0.25, 0.3) is 0 Å². The van der Waals surface area contributed by atoms with E-state index in [4.69, 9.17) is 0 Å². The standard InChI is InChI=1S/C4H7NO2S/c1-8(7)3-4(6)2-5-8/h1-3H2,(H,5,7). The van der Waals surface area contributed by atoms with Crippen molar-refractivity contribution >= 4 is 21.4 Å². The Hall–Kier alpha value is -0.350. The zero-order valence-electron chi connectivity index (χ0n) is 4.35. The number of hydrogen-bond acceptors (Lipinski definition) is 2. The van der Waals surface area contributed by atoms with Gasteiger partial charge in [-0.2, -0.15) is 0 Å². The fraction of sp³-hybridized carbons (Fsp3) is 0.500. The minimum absolute atomic E-state index is 0.00926. The fourth-order valence-corrected chi connectivity index (χ4v) is 1.72. The molecule has 0 aromatic heterocycles. The van der Waals surface area contributed by atoms with Crippen LogP contribution < -0.4 is 4.72 Å². The molecule has 1 heterocycles. The van der Waals surface area contributed by atoms with Crippen molar-refractivity contribution in [1.82, 2.24) is 4.72 Å². The molecule has 0 bridgehead atoms. The molecule has 0 aromatic carbocycles. The van der Waals surface area contributed by atoms with E-state index in [9.17, 15) is 9.00 Å². The third kappa shape index (κ3) is 1.08. The first kappa shape index (κ1) is 5.78. The molecule has 1 fully saturated rings. The van der Waals surface area contributed by atoms with E-state index >= 15 is 0 Å². The summed E-state index contributed by atoms with van der Waals surface area (Å²) in [5.74, 6) is 3.41. The Kier molecular flexibility index (Phi) is 1.13. The molecule has 4 heteroatoms. The fourth-order valence-electron chi connectivity index (χ4n) is 0.574. The Morgan fingerprint density at radius 1 is 1.75 bits per heavy atom. The summed E-state index contributed by atoms with van der Waals surface area (Å²) in [4.78, 5) is 10.4. The number of ketones is 1. The molecular formula is C4H7NO2S. The van der Waals surface area contributed by atoms with Crippen LogP contribution in [0.5, 0.6) is 0 Å². The predicted molar refractivity (Wildman–Crippen MR) is 33.1 cm³/mol. The number of hydrogen-bond donors (Lipinski definition) is 1. The van der Waals surface area contributed by atoms with Crippen molar-refractivity contribution < 1.29 is 9.00 Å². The lowest BCUT2D eigenvalue weighted by Gasteiger charge is -1.91. The molecule has 0 radical (unpaired) electrons. The highest BCUT2D eigenvalue weighted by Crippen LogP contribution is 1.92. The molecule has 1 unspecified atom stereocenters. The van der Waals surface area contributed by atoms with Crippen molar-refractivity contribution in [3.8, 4) is 0 Å². The van der Waals surface area contributed by atoms with Crippen molar-refractivity contribution in [2.45, 2.75) is 0 Å². The summed E-state index contributed by atoms with van der Waals surface area (Å²) in [5.41, 5.74) is 0. The van der Waals surface area contributed by atoms with Crippen molar-refractivity contribution in [3.05, 3.63) is 0 Å². The molecule has 0 spiro atoms. The van der Waals surface area contributed by atoms with Crippen LogP contribution in [0.1, 0.15) is 0 Å². The maximum absolute atomic E-state index is 10.8. The molecule has 46 valence electrons. The van der Waals surface area contributed by atoms with Gasteiger partial charge in [0.05, 0.1) is 12.3 Å². The van der Waals surface area contributed by atoms with Gasteiger partial charge in [0.2, 0.25) is 0 Å². The van der Waals surface area contributed by atoms with E-state index in [2.05, 4.69) is 10.6 Å². The maximum atomic E-state index is 10.8. The van der Waals surface area contributed by atoms with Gasteiger partial charge in [0.1, 0.15) is 0 Å². The molecule has 1 aliphatic rings. The Labute approximate surface area is 48.2 Å². The normalized spacial score (nSPS) is 38.2. The summed E-state index contributed by atoms with van der Waals surface area (Å²) in [6.45, 7) is 0.225. The maximum Gasteiger partial charge on any atom is 0.160 e. The van der Waals surface area contributed by atoms with Gasteiger partial charge in [0.25, 0.3) is 0 Å². The van der Waals surface area contributed by atoms with Gasteiger partial charge < -0.3 is 0 Å². The number of Topliss-reactive ketones (excluding diaryl/α,β-unsaturated/α-hetero) is 1. The van der Waals surface area contributed by atoms with E-state index in [0.717, 1.165) is 0 Å². The van der Waals surface area contributed by atoms with Crippen molar-refractivity contribution in [3.63, 3.8) is 0 Å². The predicted octanol–water partition coefficient (Wildman–Crippen LogP) is -1.21. The van der Waals surface area contributed by atoms with Crippen molar-refractivity contribution in [1.29, 1.82) is 0 Å². The summed E-state index contributed by atoms with van der Waals surface area (Å²) >= 11 is 0. The zero-order chi connectivity index (χ0) is 6.20. The van der Waals surface area contributed by atoms with E-state index < -0.39 is 9.71 Å². The van der Waals surface area contributed by atoms with Gasteiger partial charge in [-0.05, 0) is 5.87 Å². The zero-order valence-corrected chi connectivity index (χ0v) is 5.16. The lowest BCUT2D eigenvalue weighted by molar-refractivity contribution is -0.115. The molecule has 1 rings (SSSR count). The van der Waals surface area contributed by atoms with Crippen LogP contribution in [0, 0.1) is 0 Å². The van der Waals surface area contributed by atoms with Gasteiger partial charge in [-0.1, -0.05) is 0 Å². The van der Waals surface area contributed by atoms with Crippen LogP contribution in [0.4, 0.5) is 0 Å². The molecule has 0 aromatic rings. The minimum Gasteiger partial charge on any atom is -0.297 e. The number of carbonyl (C=O) groups excluding carboxylic acids is 1. The molecule has 1 N–H and O–H groups in total. The lowest BCUT2D eigenvalue weighted by atomic mass is 10.5. The highest BCUT2D eigenvalue weighted by Gasteiger charge is 2.18. The second kappa shape index (κ2) is 1.56. The number of carbonyl (C=O) groups is 1. The number of nitrogens with one attached hydrogen (secondary N) is 1. The van der Waals surface area contributed by atoms with E-state index in [-0.39, 0.29) is 18.1 Å². The minimum atomic E-state index is -2.20. The van der Waals surface area contributed by atoms with Crippen LogP contribution in [0.3, 0.4) is 0 Å². The van der Waals surface area contributed by atoms with E-state index in [1.54, 1.807) is 0 Å². The summed E-state index contributed by atoms with van der Waals surface area (Å²) < 4.78 is 13.3. The van der Waals surface area contributed by atoms with Gasteiger partial charge in [-0.25, -0.2) is 4.72 Å². The highest BCUT2D eigenvalue weighted by molar-refractivity contribution is 7.99. The van der Waals surface area contributed by atoms with Crippen LogP contribution in [0.15, 0.2) is 0 Å². The van der Waals surface area contributed by atoms with Crippen molar-refractivity contribution in [2.24, 2.45) is 0 Å². The summed E-state index contributed by atoms with van der Waals surface area (Å²) in [7, 11) is -2.20. The largest absolute Gasteiger partial charge is 0.297 e. The van der Waals surface area contributed by atoms with Gasteiger partial charge in [0, 0.05) is 9.71 Å². The second-order valence-corrected chi connectivity index (χ2v) is 4.02. The Bertz CT molecular complexity index is 204. The molecular weight excluding hydrogens is 126 g/mol. The average Bonchev–Trinajstić information content (AvgIpc) is 1.82. The third-order valence-electron chi connectivity index (χ3n) is 0.927. The molecule has 1 aliphatic heterocycles. The molecule has 0 aliphatic carbocycles. The van der Waals surface area contributed by atoms with Crippen LogP contribution in [-0.2, 0) is 14.5 Å². The van der Waals surface area contributed by atoms with Crippen molar-refractivity contribution in [2.75, 3.05) is 12.3 Å². The van der Waals surface area contributed by atoms with Crippen LogP contribution in [-0.4, -0.2) is 28.2 Å². The van der Waals surface area contributed by atoms with Crippen LogP contribution >= 0.6 is 0 Å². The molecule has 0 saturated carbocycles. The van der Waals surface area contributed by atoms with Gasteiger partial charge in [0.15, 0.2) is 5.78 Å². The Morgan fingerprint density at radius 3 is 2.50 bits per heavy atom. The van der Waals surface area contributed by atoms with Gasteiger partial charge in [-0.15, -0.1) is 0 Å². The topological polar surface area (TPSA) is 46.2 Å². The van der Waals surface area contributed by atoms with E-state index in [1.807, 2.05) is 0 Å². The highest BCUT2D eigenvalue weighted by atomic mass is 32.2. The molecule has 3 nitrogen and oxygen atoms in total. The van der Waals surface area contributed by atoms with Gasteiger partial charge >= 0.3 is 0 Å². The summed E-state index contributed by atoms with van der Waals surface area (Å²) in [6.07, 6.45) is 0. The van der Waals surface area contributed by atoms with Crippen LogP contribution in [0.2, 0.25) is 0 Å². The molecule has 1 saturated heterocycles. The molecule has 1 atom stereocenters. The Balaban J connectivity index is 2.86. The lowest BCUT2D eigenvalue weighted by Crippen LogP contribution is -2.15. The first-order valence-electron chi connectivity index (χ1n) is 2.21. The molecule has 8 heavy (non-hydrogen) atoms. The van der Waals surface area contributed by atoms with E-state index in [0.29, 0.717) is 0 Å². The summed E-state index contributed by atoms with van der Waals surface area (Å²) in [6, 6.07) is 0. The van der Waals surface area contributed by atoms with E-state index in [1.165, 1.54) is 0 Å². The summed E-state index contributed by atoms with van der Waals surface area (Å²) in [5, 5.41) is 0. The SMILES string of the molecule is C=S1(=O)CC(=O)CN1. The first-order valence-corrected chi connectivity index (χ1v) is 4.11. The Morgan fingerprint density at radius 2 is 2.38 bits per heavy atom. The first-order chi connectivity index (χ1) is 3.60. The van der Waals surface area contributed by atoms with Gasteiger partial charge in [-0.3, -0.25) is 9.00 Å². The molecule has 0 amide bonds. The quantitative estimate of drug-likeness (QED) is 0.421. The number of rotatable bonds is 0. The second-order valence-electron chi connectivity index (χ2n) is 1.82. The third-order valence-corrected chi connectivity index (χ3v) is 2.39. The smallest absolute Gasteiger partial charge is 0.160 e. The monoisotopic (exact) mass is 133 g/mol.